The molecule has 0 radical (unpaired) electrons. The summed E-state index contributed by atoms with van der Waals surface area (Å²) in [6.45, 7) is 9.76. The zero-order chi connectivity index (χ0) is 33.5. The minimum atomic E-state index is -0.228. The molecule has 50 heavy (non-hydrogen) atoms. The molecular weight excluding hydrogens is 605 g/mol. The van der Waals surface area contributed by atoms with Crippen molar-refractivity contribution in [3.05, 3.63) is 161 Å². The summed E-state index contributed by atoms with van der Waals surface area (Å²) < 4.78 is 5.17. The number of hydrogen-bond acceptors (Lipinski definition) is 0. The highest BCUT2D eigenvalue weighted by Gasteiger charge is 2.41. The van der Waals surface area contributed by atoms with Crippen molar-refractivity contribution in [1.29, 1.82) is 0 Å². The molecule has 0 saturated heterocycles. The Labute approximate surface area is 292 Å². The van der Waals surface area contributed by atoms with Gasteiger partial charge in [0, 0.05) is 32.4 Å². The standard InChI is InChI=1S/C48H38N2/c1-47(2)37-27-44-38(28-43(37)49-41-21-13-11-19-33(41)35-23-31(25-39(47)45(35)49)29-15-7-5-8-16-29)48(3,4)40-26-32(30-17-9-6-10-18-30)24-36-34-20-12-14-22-42(34)50(44)46(36)40/h5,7-9,11-28H,6,10H2,1-4H3. The predicted molar refractivity (Wildman–Crippen MR) is 211 cm³/mol. The van der Waals surface area contributed by atoms with Gasteiger partial charge in [-0.25, -0.2) is 0 Å². The molecule has 6 aromatic carbocycles. The number of rotatable bonds is 2. The summed E-state index contributed by atoms with van der Waals surface area (Å²) in [5, 5.41) is 5.31. The topological polar surface area (TPSA) is 9.86 Å². The van der Waals surface area contributed by atoms with E-state index in [-0.39, 0.29) is 10.8 Å². The Morgan fingerprint density at radius 2 is 0.980 bits per heavy atom. The van der Waals surface area contributed by atoms with Crippen molar-refractivity contribution in [3.8, 4) is 22.5 Å². The number of benzene rings is 6. The molecule has 0 spiro atoms. The Balaban J connectivity index is 1.26. The molecule has 240 valence electrons. The number of nitrogens with zero attached hydrogens (tertiary/aromatic N) is 2. The fourth-order valence-electron chi connectivity index (χ4n) is 9.68. The van der Waals surface area contributed by atoms with Gasteiger partial charge in [-0.1, -0.05) is 113 Å². The maximum absolute atomic E-state index is 2.59. The van der Waals surface area contributed by atoms with Crippen LogP contribution in [0.25, 0.3) is 71.7 Å². The molecule has 2 nitrogen and oxygen atoms in total. The Hall–Kier alpha value is -5.60. The van der Waals surface area contributed by atoms with Gasteiger partial charge in [-0.05, 0) is 106 Å². The summed E-state index contributed by atoms with van der Waals surface area (Å²) in [4.78, 5) is 0. The van der Waals surface area contributed by atoms with Crippen LogP contribution in [0.15, 0.2) is 133 Å². The van der Waals surface area contributed by atoms with Crippen molar-refractivity contribution in [3.63, 3.8) is 0 Å². The first-order chi connectivity index (χ1) is 24.3. The Bertz CT molecular complexity index is 2850. The fourth-order valence-corrected chi connectivity index (χ4v) is 9.68. The van der Waals surface area contributed by atoms with E-state index in [1.54, 1.807) is 0 Å². The van der Waals surface area contributed by atoms with Gasteiger partial charge in [0.05, 0.1) is 33.4 Å². The average Bonchev–Trinajstić information content (AvgIpc) is 3.66. The summed E-state index contributed by atoms with van der Waals surface area (Å²) in [6, 6.07) is 43.8. The van der Waals surface area contributed by atoms with Gasteiger partial charge >= 0.3 is 0 Å². The molecule has 0 fully saturated rings. The Kier molecular flexibility index (Phi) is 5.40. The lowest BCUT2D eigenvalue weighted by atomic mass is 9.69. The van der Waals surface area contributed by atoms with Crippen molar-refractivity contribution in [1.82, 2.24) is 9.13 Å². The molecule has 0 unspecified atom stereocenters. The third kappa shape index (κ3) is 3.49. The molecule has 4 heterocycles. The van der Waals surface area contributed by atoms with Crippen LogP contribution in [0.2, 0.25) is 0 Å². The van der Waals surface area contributed by atoms with E-state index in [4.69, 9.17) is 0 Å². The monoisotopic (exact) mass is 642 g/mol. The van der Waals surface area contributed by atoms with E-state index in [1.807, 2.05) is 0 Å². The second-order valence-electron chi connectivity index (χ2n) is 15.7. The molecule has 0 amide bonds. The zero-order valence-corrected chi connectivity index (χ0v) is 29.0. The van der Waals surface area contributed by atoms with Crippen LogP contribution in [0, 0.1) is 0 Å². The van der Waals surface area contributed by atoms with Crippen LogP contribution in [-0.4, -0.2) is 9.13 Å². The lowest BCUT2D eigenvalue weighted by molar-refractivity contribution is 0.610. The summed E-state index contributed by atoms with van der Waals surface area (Å²) in [7, 11) is 0. The summed E-state index contributed by atoms with van der Waals surface area (Å²) in [6.07, 6.45) is 9.28. The highest BCUT2D eigenvalue weighted by atomic mass is 15.0. The maximum atomic E-state index is 2.59. The SMILES string of the molecule is CC1(C)c2cc3c(cc2-n2c4ccccc4c4cc(C5=CCCC=C5)cc1c42)C(C)(C)c1cc(-c2ccccc2)cc2c4ccccc4n-3c12. The van der Waals surface area contributed by atoms with E-state index in [9.17, 15) is 0 Å². The van der Waals surface area contributed by atoms with Gasteiger partial charge < -0.3 is 9.13 Å². The molecule has 2 aliphatic heterocycles. The lowest BCUT2D eigenvalue weighted by Gasteiger charge is -2.40. The first-order valence-corrected chi connectivity index (χ1v) is 18.1. The van der Waals surface area contributed by atoms with Crippen molar-refractivity contribution < 1.29 is 0 Å². The van der Waals surface area contributed by atoms with Crippen LogP contribution in [0.5, 0.6) is 0 Å². The smallest absolute Gasteiger partial charge is 0.0582 e. The molecule has 2 heteroatoms. The van der Waals surface area contributed by atoms with Crippen molar-refractivity contribution in [2.45, 2.75) is 51.4 Å². The van der Waals surface area contributed by atoms with Gasteiger partial charge in [-0.15, -0.1) is 0 Å². The molecule has 3 aliphatic rings. The minimum absolute atomic E-state index is 0.217. The van der Waals surface area contributed by atoms with Crippen molar-refractivity contribution >= 4 is 49.2 Å². The van der Waals surface area contributed by atoms with Crippen LogP contribution < -0.4 is 0 Å². The molecule has 0 saturated carbocycles. The summed E-state index contributed by atoms with van der Waals surface area (Å²) in [5.41, 5.74) is 18.1. The van der Waals surface area contributed by atoms with Crippen molar-refractivity contribution in [2.75, 3.05) is 0 Å². The normalized spacial score (nSPS) is 16.6. The molecule has 0 N–H and O–H groups in total. The highest BCUT2D eigenvalue weighted by Crippen LogP contribution is 2.54. The third-order valence-corrected chi connectivity index (χ3v) is 12.3. The van der Waals surface area contributed by atoms with Gasteiger partial charge in [0.2, 0.25) is 0 Å². The van der Waals surface area contributed by atoms with Gasteiger partial charge in [0.15, 0.2) is 0 Å². The number of allylic oxidation sites excluding steroid dienone is 4. The number of hydrogen-bond donors (Lipinski definition) is 0. The fraction of sp³-hybridized carbons (Fsp3) is 0.167. The predicted octanol–water partition coefficient (Wildman–Crippen LogP) is 12.6. The molecule has 2 aromatic heterocycles. The van der Waals surface area contributed by atoms with Gasteiger partial charge in [-0.3, -0.25) is 0 Å². The Morgan fingerprint density at radius 1 is 0.460 bits per heavy atom. The first-order valence-electron chi connectivity index (χ1n) is 18.1. The summed E-state index contributed by atoms with van der Waals surface area (Å²) in [5.74, 6) is 0. The molecule has 0 atom stereocenters. The number of fused-ring (bicyclic) bond motifs is 10. The minimum Gasteiger partial charge on any atom is -0.309 e. The number of aromatic nitrogens is 2. The van der Waals surface area contributed by atoms with E-state index in [1.165, 1.54) is 99.5 Å². The van der Waals surface area contributed by atoms with E-state index >= 15 is 0 Å². The molecule has 1 aliphatic carbocycles. The average molecular weight is 643 g/mol. The van der Waals surface area contributed by atoms with Crippen LogP contribution in [0.3, 0.4) is 0 Å². The lowest BCUT2D eigenvalue weighted by Crippen LogP contribution is -2.31. The van der Waals surface area contributed by atoms with Gasteiger partial charge in [0.25, 0.3) is 0 Å². The molecule has 11 rings (SSSR count). The third-order valence-electron chi connectivity index (χ3n) is 12.3. The van der Waals surface area contributed by atoms with Gasteiger partial charge in [-0.2, -0.15) is 0 Å². The number of para-hydroxylation sites is 2. The highest BCUT2D eigenvalue weighted by molar-refractivity contribution is 6.14. The second-order valence-corrected chi connectivity index (χ2v) is 15.7. The molecule has 0 bridgehead atoms. The summed E-state index contributed by atoms with van der Waals surface area (Å²) >= 11 is 0. The Morgan fingerprint density at radius 3 is 1.54 bits per heavy atom. The largest absolute Gasteiger partial charge is 0.309 e. The molecule has 8 aromatic rings. The zero-order valence-electron chi connectivity index (χ0n) is 29.0. The quantitative estimate of drug-likeness (QED) is 0.178. The maximum Gasteiger partial charge on any atom is 0.0582 e. The van der Waals surface area contributed by atoms with E-state index < -0.39 is 0 Å². The van der Waals surface area contributed by atoms with E-state index in [0.717, 1.165) is 12.8 Å². The van der Waals surface area contributed by atoms with Crippen LogP contribution in [-0.2, 0) is 10.8 Å². The van der Waals surface area contributed by atoms with E-state index in [0.29, 0.717) is 0 Å². The van der Waals surface area contributed by atoms with Gasteiger partial charge in [0.1, 0.15) is 0 Å². The van der Waals surface area contributed by atoms with Crippen LogP contribution in [0.1, 0.15) is 68.4 Å². The first kappa shape index (κ1) is 28.3. The molecular formula is C48H38N2. The van der Waals surface area contributed by atoms with E-state index in [2.05, 4.69) is 170 Å². The second kappa shape index (κ2) is 9.55. The van der Waals surface area contributed by atoms with Crippen LogP contribution in [0.4, 0.5) is 0 Å². The van der Waals surface area contributed by atoms with Crippen LogP contribution >= 0.6 is 0 Å². The van der Waals surface area contributed by atoms with Crippen molar-refractivity contribution in [2.24, 2.45) is 0 Å².